The van der Waals surface area contributed by atoms with Crippen LogP contribution < -0.4 is 5.32 Å². The van der Waals surface area contributed by atoms with E-state index in [1.54, 1.807) is 0 Å². The lowest BCUT2D eigenvalue weighted by Crippen LogP contribution is -2.35. The highest BCUT2D eigenvalue weighted by Gasteiger charge is 2.09. The summed E-state index contributed by atoms with van der Waals surface area (Å²) in [6.07, 6.45) is 2.65. The van der Waals surface area contributed by atoms with E-state index in [9.17, 15) is 9.59 Å². The van der Waals surface area contributed by atoms with Crippen LogP contribution in [0.5, 0.6) is 0 Å². The van der Waals surface area contributed by atoms with Crippen LogP contribution in [-0.2, 0) is 16.1 Å². The molecule has 94 valence electrons. The number of carboxylic acid groups (broad SMARTS) is 1. The number of carbonyl (C=O) groups is 2. The first kappa shape index (κ1) is 13.1. The van der Waals surface area contributed by atoms with Gasteiger partial charge in [-0.25, -0.2) is 4.68 Å². The Labute approximate surface area is 98.0 Å². The third-order valence-corrected chi connectivity index (χ3v) is 2.13. The van der Waals surface area contributed by atoms with E-state index in [2.05, 4.69) is 20.8 Å². The van der Waals surface area contributed by atoms with E-state index in [1.165, 1.54) is 11.0 Å². The molecule has 1 amide bonds. The number of carbonyl (C=O) groups excluding carboxylic acids is 1. The Kier molecular flexibility index (Phi) is 5.05. The van der Waals surface area contributed by atoms with Crippen LogP contribution in [0.3, 0.4) is 0 Å². The Balaban J connectivity index is 2.19. The fourth-order valence-corrected chi connectivity index (χ4v) is 1.35. The van der Waals surface area contributed by atoms with Gasteiger partial charge in [0, 0.05) is 12.5 Å². The average molecular weight is 241 g/mol. The summed E-state index contributed by atoms with van der Waals surface area (Å²) < 4.78 is 1.32. The molecule has 0 saturated heterocycles. The fraction of sp³-hybridized carbons (Fsp3) is 0.667. The molecule has 0 aromatic carbocycles. The molecule has 0 saturated carbocycles. The molecule has 0 fully saturated rings. The first-order chi connectivity index (χ1) is 8.08. The van der Waals surface area contributed by atoms with Gasteiger partial charge >= 0.3 is 5.97 Å². The molecule has 0 bridgehead atoms. The Morgan fingerprint density at radius 2 is 2.29 bits per heavy atom. The number of amides is 1. The number of aromatic nitrogens is 4. The molecule has 1 rings (SSSR count). The molecule has 0 aliphatic heterocycles. The molecule has 0 radical (unpaired) electrons. The summed E-state index contributed by atoms with van der Waals surface area (Å²) in [5.41, 5.74) is 0. The minimum atomic E-state index is -0.822. The Morgan fingerprint density at radius 1 is 1.53 bits per heavy atom. The van der Waals surface area contributed by atoms with E-state index in [1.807, 2.05) is 6.92 Å². The summed E-state index contributed by atoms with van der Waals surface area (Å²) in [7, 11) is 0. The summed E-state index contributed by atoms with van der Waals surface area (Å²) in [6.45, 7) is 1.90. The minimum Gasteiger partial charge on any atom is -0.481 e. The van der Waals surface area contributed by atoms with Crippen LogP contribution in [0, 0.1) is 0 Å². The van der Waals surface area contributed by atoms with Crippen molar-refractivity contribution >= 4 is 11.9 Å². The van der Waals surface area contributed by atoms with E-state index >= 15 is 0 Å². The molecule has 1 heterocycles. The minimum absolute atomic E-state index is 0.0571. The quantitative estimate of drug-likeness (QED) is 0.661. The molecule has 0 aliphatic rings. The van der Waals surface area contributed by atoms with Gasteiger partial charge in [0.25, 0.3) is 0 Å². The van der Waals surface area contributed by atoms with Gasteiger partial charge < -0.3 is 10.4 Å². The second-order valence-corrected chi connectivity index (χ2v) is 3.76. The lowest BCUT2D eigenvalue weighted by molar-refractivity contribution is -0.137. The van der Waals surface area contributed by atoms with Gasteiger partial charge in [-0.2, -0.15) is 0 Å². The van der Waals surface area contributed by atoms with Crippen LogP contribution in [0.4, 0.5) is 0 Å². The van der Waals surface area contributed by atoms with E-state index in [0.29, 0.717) is 12.8 Å². The predicted molar refractivity (Wildman–Crippen MR) is 56.9 cm³/mol. The molecule has 2 N–H and O–H groups in total. The van der Waals surface area contributed by atoms with Crippen molar-refractivity contribution in [3.63, 3.8) is 0 Å². The lowest BCUT2D eigenvalue weighted by Gasteiger charge is -2.12. The molecule has 8 heteroatoms. The van der Waals surface area contributed by atoms with E-state index in [0.717, 1.165) is 0 Å². The van der Waals surface area contributed by atoms with Crippen molar-refractivity contribution in [1.82, 2.24) is 25.5 Å². The van der Waals surface area contributed by atoms with Crippen LogP contribution >= 0.6 is 0 Å². The van der Waals surface area contributed by atoms with Crippen molar-refractivity contribution < 1.29 is 14.7 Å². The number of nitrogens with zero attached hydrogens (tertiary/aromatic N) is 4. The number of tetrazole rings is 1. The standard InChI is InChI=1S/C9H15N5O3/c1-7(3-2-4-9(16)17)11-8(15)5-14-6-10-12-13-14/h6-7H,2-5H2,1H3,(H,11,15)(H,16,17). The van der Waals surface area contributed by atoms with Crippen LogP contribution in [-0.4, -0.2) is 43.2 Å². The maximum Gasteiger partial charge on any atom is 0.303 e. The van der Waals surface area contributed by atoms with Crippen molar-refractivity contribution in [3.05, 3.63) is 6.33 Å². The van der Waals surface area contributed by atoms with Gasteiger partial charge in [0.1, 0.15) is 12.9 Å². The number of hydrogen-bond acceptors (Lipinski definition) is 5. The van der Waals surface area contributed by atoms with Crippen LogP contribution in [0.25, 0.3) is 0 Å². The molecular weight excluding hydrogens is 226 g/mol. The molecule has 1 aromatic heterocycles. The Hall–Kier alpha value is -1.99. The number of carboxylic acids is 1. The number of hydrogen-bond donors (Lipinski definition) is 2. The third kappa shape index (κ3) is 5.59. The van der Waals surface area contributed by atoms with Crippen LogP contribution in [0.2, 0.25) is 0 Å². The fourth-order valence-electron chi connectivity index (χ4n) is 1.35. The smallest absolute Gasteiger partial charge is 0.303 e. The van der Waals surface area contributed by atoms with Gasteiger partial charge in [-0.15, -0.1) is 5.10 Å². The SMILES string of the molecule is CC(CCCC(=O)O)NC(=O)Cn1cnnn1. The molecular formula is C9H15N5O3. The van der Waals surface area contributed by atoms with Crippen molar-refractivity contribution in [2.75, 3.05) is 0 Å². The third-order valence-electron chi connectivity index (χ3n) is 2.13. The number of nitrogens with one attached hydrogen (secondary N) is 1. The summed E-state index contributed by atoms with van der Waals surface area (Å²) in [4.78, 5) is 21.8. The zero-order valence-corrected chi connectivity index (χ0v) is 9.54. The average Bonchev–Trinajstić information content (AvgIpc) is 2.69. The van der Waals surface area contributed by atoms with Gasteiger partial charge in [0.15, 0.2) is 0 Å². The number of rotatable bonds is 7. The molecule has 0 aliphatic carbocycles. The predicted octanol–water partition coefficient (Wildman–Crippen LogP) is -0.567. The molecule has 17 heavy (non-hydrogen) atoms. The first-order valence-corrected chi connectivity index (χ1v) is 5.30. The molecule has 8 nitrogen and oxygen atoms in total. The van der Waals surface area contributed by atoms with Gasteiger partial charge in [-0.1, -0.05) is 0 Å². The van der Waals surface area contributed by atoms with E-state index < -0.39 is 5.97 Å². The van der Waals surface area contributed by atoms with Gasteiger partial charge in [-0.05, 0) is 30.2 Å². The maximum absolute atomic E-state index is 11.5. The molecule has 1 atom stereocenters. The monoisotopic (exact) mass is 241 g/mol. The van der Waals surface area contributed by atoms with E-state index in [4.69, 9.17) is 5.11 Å². The summed E-state index contributed by atoms with van der Waals surface area (Å²) in [6, 6.07) is -0.0571. The van der Waals surface area contributed by atoms with Crippen LogP contribution in [0.1, 0.15) is 26.2 Å². The highest BCUT2D eigenvalue weighted by atomic mass is 16.4. The summed E-state index contributed by atoms with van der Waals surface area (Å²) >= 11 is 0. The topological polar surface area (TPSA) is 110 Å². The second-order valence-electron chi connectivity index (χ2n) is 3.76. The van der Waals surface area contributed by atoms with Crippen molar-refractivity contribution in [2.45, 2.75) is 38.8 Å². The second kappa shape index (κ2) is 6.56. The van der Waals surface area contributed by atoms with Crippen molar-refractivity contribution in [1.29, 1.82) is 0 Å². The van der Waals surface area contributed by atoms with Crippen molar-refractivity contribution in [2.24, 2.45) is 0 Å². The largest absolute Gasteiger partial charge is 0.481 e. The number of aliphatic carboxylic acids is 1. The molecule has 0 spiro atoms. The Morgan fingerprint density at radius 3 is 2.88 bits per heavy atom. The summed E-state index contributed by atoms with van der Waals surface area (Å²) in [5, 5.41) is 21.6. The molecule has 1 unspecified atom stereocenters. The molecule has 1 aromatic rings. The summed E-state index contributed by atoms with van der Waals surface area (Å²) in [5.74, 6) is -1.02. The zero-order valence-electron chi connectivity index (χ0n) is 9.54. The highest BCUT2D eigenvalue weighted by Crippen LogP contribution is 2.00. The van der Waals surface area contributed by atoms with Crippen molar-refractivity contribution in [3.8, 4) is 0 Å². The van der Waals surface area contributed by atoms with E-state index in [-0.39, 0.29) is 24.9 Å². The normalized spacial score (nSPS) is 12.1. The zero-order chi connectivity index (χ0) is 12.7. The Bertz CT molecular complexity index is 365. The van der Waals surface area contributed by atoms with Crippen LogP contribution in [0.15, 0.2) is 6.33 Å². The van der Waals surface area contributed by atoms with Gasteiger partial charge in [0.05, 0.1) is 0 Å². The highest BCUT2D eigenvalue weighted by molar-refractivity contribution is 5.75. The van der Waals surface area contributed by atoms with Gasteiger partial charge in [0.2, 0.25) is 5.91 Å². The lowest BCUT2D eigenvalue weighted by atomic mass is 10.1. The van der Waals surface area contributed by atoms with Gasteiger partial charge in [-0.3, -0.25) is 9.59 Å². The first-order valence-electron chi connectivity index (χ1n) is 5.30. The maximum atomic E-state index is 11.5.